The average Bonchev–Trinajstić information content (AvgIpc) is 2.85. The largest absolute Gasteiger partial charge is 0.480 e. The predicted molar refractivity (Wildman–Crippen MR) is 138 cm³/mol. The molecule has 1 aromatic rings. The Hall–Kier alpha value is -2.63. The van der Waals surface area contributed by atoms with Crippen LogP contribution in [0.3, 0.4) is 0 Å². The molecule has 8 N–H and O–H groups in total. The summed E-state index contributed by atoms with van der Waals surface area (Å²) in [7, 11) is 0. The Balaban J connectivity index is 3.09. The van der Waals surface area contributed by atoms with Crippen molar-refractivity contribution in [1.82, 2.24) is 16.0 Å². The molecule has 0 radical (unpaired) electrons. The number of hydrogen-bond donors (Lipinski definition) is 7. The second-order valence-corrected chi connectivity index (χ2v) is 8.96. The van der Waals surface area contributed by atoms with Crippen molar-refractivity contribution in [3.8, 4) is 0 Å². The van der Waals surface area contributed by atoms with E-state index in [0.29, 0.717) is 25.8 Å². The van der Waals surface area contributed by atoms with Gasteiger partial charge in [-0.15, -0.1) is 0 Å². The lowest BCUT2D eigenvalue weighted by molar-refractivity contribution is -0.144. The lowest BCUT2D eigenvalue weighted by atomic mass is 9.98. The number of aliphatic carboxylic acids is 1. The number of thiol groups is 1. The molecule has 196 valence electrons. The van der Waals surface area contributed by atoms with Crippen LogP contribution in [0, 0.1) is 5.92 Å². The van der Waals surface area contributed by atoms with Crippen LogP contribution >= 0.6 is 12.6 Å². The number of carboxylic acid groups (broad SMARTS) is 1. The monoisotopic (exact) mass is 509 g/mol. The molecule has 1 rings (SSSR count). The highest BCUT2D eigenvalue weighted by Crippen LogP contribution is 2.11. The van der Waals surface area contributed by atoms with Crippen LogP contribution in [0.4, 0.5) is 0 Å². The van der Waals surface area contributed by atoms with Gasteiger partial charge >= 0.3 is 5.97 Å². The highest BCUT2D eigenvalue weighted by atomic mass is 32.1. The SMILES string of the molecule is CCC(C)C(NC(=O)C(CCCCN)NC(=O)C(Cc1ccccc1)NC(=O)C(N)CS)C(=O)O. The molecular weight excluding hydrogens is 470 g/mol. The van der Waals surface area contributed by atoms with E-state index < -0.39 is 47.9 Å². The van der Waals surface area contributed by atoms with Crippen LogP contribution in [-0.2, 0) is 25.6 Å². The molecule has 3 amide bonds. The van der Waals surface area contributed by atoms with Crippen LogP contribution in [0.25, 0.3) is 0 Å². The molecule has 5 unspecified atom stereocenters. The Labute approximate surface area is 212 Å². The van der Waals surface area contributed by atoms with E-state index in [4.69, 9.17) is 11.5 Å². The van der Waals surface area contributed by atoms with Crippen LogP contribution in [-0.4, -0.2) is 65.3 Å². The van der Waals surface area contributed by atoms with Crippen molar-refractivity contribution in [3.63, 3.8) is 0 Å². The Morgan fingerprint density at radius 3 is 2.11 bits per heavy atom. The van der Waals surface area contributed by atoms with Gasteiger partial charge in [-0.3, -0.25) is 14.4 Å². The first-order valence-corrected chi connectivity index (χ1v) is 12.5. The third-order valence-corrected chi connectivity index (χ3v) is 6.20. The maximum absolute atomic E-state index is 13.2. The first-order valence-electron chi connectivity index (χ1n) is 11.9. The zero-order valence-electron chi connectivity index (χ0n) is 20.4. The number of amides is 3. The number of nitrogens with one attached hydrogen (secondary N) is 3. The van der Waals surface area contributed by atoms with Crippen molar-refractivity contribution in [2.24, 2.45) is 17.4 Å². The Morgan fingerprint density at radius 2 is 1.57 bits per heavy atom. The van der Waals surface area contributed by atoms with Crippen LogP contribution in [0.2, 0.25) is 0 Å². The van der Waals surface area contributed by atoms with Gasteiger partial charge in [0.05, 0.1) is 6.04 Å². The molecule has 0 aliphatic carbocycles. The zero-order valence-corrected chi connectivity index (χ0v) is 21.3. The van der Waals surface area contributed by atoms with E-state index >= 15 is 0 Å². The molecule has 35 heavy (non-hydrogen) atoms. The van der Waals surface area contributed by atoms with Gasteiger partial charge < -0.3 is 32.5 Å². The topological polar surface area (TPSA) is 177 Å². The number of hydrogen-bond acceptors (Lipinski definition) is 7. The number of carboxylic acids is 1. The van der Waals surface area contributed by atoms with Gasteiger partial charge in [-0.05, 0) is 37.3 Å². The zero-order chi connectivity index (χ0) is 26.4. The van der Waals surface area contributed by atoms with Gasteiger partial charge in [0.15, 0.2) is 0 Å². The summed E-state index contributed by atoms with van der Waals surface area (Å²) in [4.78, 5) is 50.4. The minimum absolute atomic E-state index is 0.0990. The van der Waals surface area contributed by atoms with Gasteiger partial charge in [-0.2, -0.15) is 12.6 Å². The van der Waals surface area contributed by atoms with Crippen molar-refractivity contribution in [1.29, 1.82) is 0 Å². The van der Waals surface area contributed by atoms with Gasteiger partial charge in [0.2, 0.25) is 17.7 Å². The molecule has 0 fully saturated rings. The normalized spacial score (nSPS) is 15.2. The minimum atomic E-state index is -1.14. The predicted octanol–water partition coefficient (Wildman–Crippen LogP) is 0.200. The third-order valence-electron chi connectivity index (χ3n) is 5.81. The molecule has 0 saturated carbocycles. The van der Waals surface area contributed by atoms with Gasteiger partial charge in [-0.1, -0.05) is 50.6 Å². The van der Waals surface area contributed by atoms with Crippen molar-refractivity contribution in [2.45, 2.75) is 70.1 Å². The number of carbonyl (C=O) groups excluding carboxylic acids is 3. The molecule has 10 nitrogen and oxygen atoms in total. The Bertz CT molecular complexity index is 826. The number of carbonyl (C=O) groups is 4. The summed E-state index contributed by atoms with van der Waals surface area (Å²) in [6, 6.07) is 5.13. The summed E-state index contributed by atoms with van der Waals surface area (Å²) in [5.74, 6) is -3.05. The molecule has 0 saturated heterocycles. The van der Waals surface area contributed by atoms with Crippen LogP contribution in [0.15, 0.2) is 30.3 Å². The second-order valence-electron chi connectivity index (χ2n) is 8.60. The van der Waals surface area contributed by atoms with E-state index in [1.165, 1.54) is 0 Å². The fourth-order valence-corrected chi connectivity index (χ4v) is 3.56. The lowest BCUT2D eigenvalue weighted by Crippen LogP contribution is -2.58. The van der Waals surface area contributed by atoms with Crippen molar-refractivity contribution in [2.75, 3.05) is 12.3 Å². The Kier molecular flexibility index (Phi) is 14.0. The van der Waals surface area contributed by atoms with Gasteiger partial charge in [-0.25, -0.2) is 4.79 Å². The maximum atomic E-state index is 13.2. The van der Waals surface area contributed by atoms with E-state index in [1.807, 2.05) is 37.3 Å². The smallest absolute Gasteiger partial charge is 0.326 e. The highest BCUT2D eigenvalue weighted by molar-refractivity contribution is 7.80. The fraction of sp³-hybridized carbons (Fsp3) is 0.583. The molecule has 11 heteroatoms. The van der Waals surface area contributed by atoms with E-state index in [9.17, 15) is 24.3 Å². The summed E-state index contributed by atoms with van der Waals surface area (Å²) in [6.07, 6.45) is 2.19. The van der Waals surface area contributed by atoms with Gasteiger partial charge in [0.25, 0.3) is 0 Å². The average molecular weight is 510 g/mol. The fourth-order valence-electron chi connectivity index (χ4n) is 3.39. The molecule has 0 aromatic heterocycles. The molecule has 0 bridgehead atoms. The van der Waals surface area contributed by atoms with E-state index in [2.05, 4.69) is 28.6 Å². The first-order chi connectivity index (χ1) is 16.6. The molecule has 0 aliphatic heterocycles. The summed E-state index contributed by atoms with van der Waals surface area (Å²) >= 11 is 4.03. The lowest BCUT2D eigenvalue weighted by Gasteiger charge is -2.26. The molecule has 1 aromatic carbocycles. The van der Waals surface area contributed by atoms with Crippen molar-refractivity contribution >= 4 is 36.3 Å². The number of benzene rings is 1. The third kappa shape index (κ3) is 10.7. The van der Waals surface area contributed by atoms with E-state index in [1.54, 1.807) is 6.92 Å². The van der Waals surface area contributed by atoms with Gasteiger partial charge in [0, 0.05) is 12.2 Å². The summed E-state index contributed by atoms with van der Waals surface area (Å²) < 4.78 is 0. The number of unbranched alkanes of at least 4 members (excludes halogenated alkanes) is 1. The highest BCUT2D eigenvalue weighted by Gasteiger charge is 2.31. The summed E-state index contributed by atoms with van der Waals surface area (Å²) in [6.45, 7) is 3.98. The van der Waals surface area contributed by atoms with E-state index in [-0.39, 0.29) is 24.5 Å². The standard InChI is InChI=1S/C24H39N5O5S/c1-3-15(2)20(24(33)34)29-22(31)18(11-7-8-12-25)27-23(32)19(28-21(30)17(26)14-35)13-16-9-5-4-6-10-16/h4-6,9-10,15,17-20,35H,3,7-8,11-14,25-26H2,1-2H3,(H,27,32)(H,28,30)(H,29,31)(H,33,34). The Morgan fingerprint density at radius 1 is 0.971 bits per heavy atom. The number of rotatable bonds is 16. The van der Waals surface area contributed by atoms with Gasteiger partial charge in [0.1, 0.15) is 18.1 Å². The van der Waals surface area contributed by atoms with Crippen molar-refractivity contribution < 1.29 is 24.3 Å². The quantitative estimate of drug-likeness (QED) is 0.123. The maximum Gasteiger partial charge on any atom is 0.326 e. The molecule has 5 atom stereocenters. The first kappa shape index (κ1) is 30.4. The van der Waals surface area contributed by atoms with Crippen LogP contribution < -0.4 is 27.4 Å². The van der Waals surface area contributed by atoms with Crippen LogP contribution in [0.1, 0.15) is 45.1 Å². The minimum Gasteiger partial charge on any atom is -0.480 e. The molecular formula is C24H39N5O5S. The second kappa shape index (κ2) is 16.1. The molecule has 0 spiro atoms. The van der Waals surface area contributed by atoms with Crippen LogP contribution in [0.5, 0.6) is 0 Å². The summed E-state index contributed by atoms with van der Waals surface area (Å²) in [5.41, 5.74) is 12.1. The molecule has 0 heterocycles. The number of nitrogens with two attached hydrogens (primary N) is 2. The molecule has 0 aliphatic rings. The summed E-state index contributed by atoms with van der Waals surface area (Å²) in [5, 5.41) is 17.4. The van der Waals surface area contributed by atoms with E-state index in [0.717, 1.165) is 5.56 Å². The van der Waals surface area contributed by atoms with Crippen molar-refractivity contribution in [3.05, 3.63) is 35.9 Å².